The van der Waals surface area contributed by atoms with Crippen LogP contribution in [0.2, 0.25) is 0 Å². The molecule has 2 saturated heterocycles. The average Bonchev–Trinajstić information content (AvgIpc) is 2.38. The van der Waals surface area contributed by atoms with Crippen LogP contribution in [0.15, 0.2) is 22.7 Å². The van der Waals surface area contributed by atoms with E-state index in [9.17, 15) is 4.39 Å². The molecule has 0 amide bonds. The third-order valence-corrected chi connectivity index (χ3v) is 5.01. The van der Waals surface area contributed by atoms with Crippen molar-refractivity contribution in [3.05, 3.63) is 34.1 Å². The van der Waals surface area contributed by atoms with Crippen molar-refractivity contribution in [2.45, 2.75) is 19.0 Å². The molecule has 1 aromatic rings. The average molecular weight is 342 g/mol. The number of nitrogens with one attached hydrogen (secondary N) is 1. The van der Waals surface area contributed by atoms with Crippen molar-refractivity contribution in [2.24, 2.45) is 0 Å². The Balaban J connectivity index is 1.58. The Morgan fingerprint density at radius 3 is 2.65 bits per heavy atom. The molecule has 1 unspecified atom stereocenters. The van der Waals surface area contributed by atoms with Crippen LogP contribution in [0.1, 0.15) is 18.5 Å². The molecule has 0 bridgehead atoms. The fraction of sp³-hybridized carbons (Fsp3) is 0.600. The molecule has 2 fully saturated rings. The van der Waals surface area contributed by atoms with Gasteiger partial charge in [-0.25, -0.2) is 4.39 Å². The molecule has 20 heavy (non-hydrogen) atoms. The lowest BCUT2D eigenvalue weighted by Gasteiger charge is -2.49. The van der Waals surface area contributed by atoms with Crippen molar-refractivity contribution in [1.82, 2.24) is 15.1 Å². The minimum atomic E-state index is -0.113. The minimum Gasteiger partial charge on any atom is -0.314 e. The zero-order chi connectivity index (χ0) is 14.1. The maximum absolute atomic E-state index is 14.0. The SMILES string of the molecule is CC(c1ccc(Br)cc1F)N1CC(N2CCNCC2)C1. The van der Waals surface area contributed by atoms with E-state index in [-0.39, 0.29) is 11.9 Å². The van der Waals surface area contributed by atoms with Crippen LogP contribution in [-0.2, 0) is 0 Å². The molecular formula is C15H21BrFN3. The summed E-state index contributed by atoms with van der Waals surface area (Å²) < 4.78 is 14.8. The molecule has 0 aromatic heterocycles. The molecular weight excluding hydrogens is 321 g/mol. The highest BCUT2D eigenvalue weighted by molar-refractivity contribution is 9.10. The number of hydrogen-bond acceptors (Lipinski definition) is 3. The normalized spacial score (nSPS) is 23.6. The Morgan fingerprint density at radius 1 is 1.30 bits per heavy atom. The van der Waals surface area contributed by atoms with Gasteiger partial charge in [-0.2, -0.15) is 0 Å². The predicted molar refractivity (Wildman–Crippen MR) is 82.3 cm³/mol. The van der Waals surface area contributed by atoms with E-state index in [0.717, 1.165) is 49.3 Å². The van der Waals surface area contributed by atoms with Crippen molar-refractivity contribution in [1.29, 1.82) is 0 Å². The van der Waals surface area contributed by atoms with Gasteiger partial charge in [-0.1, -0.05) is 22.0 Å². The monoisotopic (exact) mass is 341 g/mol. The van der Waals surface area contributed by atoms with Crippen LogP contribution in [0.3, 0.4) is 0 Å². The van der Waals surface area contributed by atoms with Gasteiger partial charge in [-0.3, -0.25) is 9.80 Å². The standard InChI is InChI=1S/C15H21BrFN3/c1-11(14-3-2-12(16)8-15(14)17)20-9-13(10-20)19-6-4-18-5-7-19/h2-3,8,11,13,18H,4-7,9-10H2,1H3. The number of likely N-dealkylation sites (tertiary alicyclic amines) is 1. The summed E-state index contributed by atoms with van der Waals surface area (Å²) in [5.74, 6) is -0.113. The summed E-state index contributed by atoms with van der Waals surface area (Å²) in [4.78, 5) is 4.91. The van der Waals surface area contributed by atoms with Crippen LogP contribution >= 0.6 is 15.9 Å². The highest BCUT2D eigenvalue weighted by Gasteiger charge is 2.35. The highest BCUT2D eigenvalue weighted by Crippen LogP contribution is 2.30. The molecule has 5 heteroatoms. The molecule has 2 aliphatic heterocycles. The summed E-state index contributed by atoms with van der Waals surface area (Å²) >= 11 is 3.31. The van der Waals surface area contributed by atoms with Crippen LogP contribution < -0.4 is 5.32 Å². The minimum absolute atomic E-state index is 0.113. The molecule has 0 radical (unpaired) electrons. The Morgan fingerprint density at radius 2 is 2.00 bits per heavy atom. The van der Waals surface area contributed by atoms with Gasteiger partial charge in [0.2, 0.25) is 0 Å². The first-order chi connectivity index (χ1) is 9.65. The van der Waals surface area contributed by atoms with Gasteiger partial charge >= 0.3 is 0 Å². The molecule has 3 nitrogen and oxygen atoms in total. The lowest BCUT2D eigenvalue weighted by atomic mass is 9.98. The summed E-state index contributed by atoms with van der Waals surface area (Å²) in [6.07, 6.45) is 0. The van der Waals surface area contributed by atoms with Crippen LogP contribution in [0.4, 0.5) is 4.39 Å². The molecule has 1 atom stereocenters. The first-order valence-corrected chi connectivity index (χ1v) is 8.08. The van der Waals surface area contributed by atoms with Crippen molar-refractivity contribution >= 4 is 15.9 Å². The fourth-order valence-corrected chi connectivity index (χ4v) is 3.45. The van der Waals surface area contributed by atoms with E-state index in [1.54, 1.807) is 6.07 Å². The van der Waals surface area contributed by atoms with E-state index in [1.807, 2.05) is 12.1 Å². The number of rotatable bonds is 3. The Kier molecular flexibility index (Phi) is 4.40. The van der Waals surface area contributed by atoms with Crippen LogP contribution in [0, 0.1) is 5.82 Å². The van der Waals surface area contributed by atoms with Crippen molar-refractivity contribution < 1.29 is 4.39 Å². The zero-order valence-electron chi connectivity index (χ0n) is 11.8. The second-order valence-electron chi connectivity index (χ2n) is 5.74. The maximum Gasteiger partial charge on any atom is 0.129 e. The maximum atomic E-state index is 14.0. The fourth-order valence-electron chi connectivity index (χ4n) is 3.12. The topological polar surface area (TPSA) is 18.5 Å². The van der Waals surface area contributed by atoms with Gasteiger partial charge in [-0.05, 0) is 19.1 Å². The lowest BCUT2D eigenvalue weighted by Crippen LogP contribution is -2.62. The summed E-state index contributed by atoms with van der Waals surface area (Å²) in [6, 6.07) is 6.17. The zero-order valence-corrected chi connectivity index (χ0v) is 13.4. The van der Waals surface area contributed by atoms with Gasteiger partial charge in [0.15, 0.2) is 0 Å². The molecule has 1 aromatic carbocycles. The molecule has 2 aliphatic rings. The van der Waals surface area contributed by atoms with E-state index in [4.69, 9.17) is 0 Å². The molecule has 3 rings (SSSR count). The van der Waals surface area contributed by atoms with Gasteiger partial charge < -0.3 is 5.32 Å². The Bertz CT molecular complexity index is 470. The quantitative estimate of drug-likeness (QED) is 0.909. The number of nitrogens with zero attached hydrogens (tertiary/aromatic N) is 2. The summed E-state index contributed by atoms with van der Waals surface area (Å²) in [6.45, 7) is 8.66. The lowest BCUT2D eigenvalue weighted by molar-refractivity contribution is 0.00267. The smallest absolute Gasteiger partial charge is 0.129 e. The first-order valence-electron chi connectivity index (χ1n) is 7.29. The number of benzene rings is 1. The van der Waals surface area contributed by atoms with Crippen molar-refractivity contribution in [3.63, 3.8) is 0 Å². The number of piperazine rings is 1. The van der Waals surface area contributed by atoms with E-state index in [2.05, 4.69) is 38.0 Å². The second-order valence-corrected chi connectivity index (χ2v) is 6.65. The van der Waals surface area contributed by atoms with E-state index in [1.165, 1.54) is 0 Å². The largest absolute Gasteiger partial charge is 0.314 e. The third-order valence-electron chi connectivity index (χ3n) is 4.52. The highest BCUT2D eigenvalue weighted by atomic mass is 79.9. The van der Waals surface area contributed by atoms with Crippen LogP contribution in [0.5, 0.6) is 0 Å². The van der Waals surface area contributed by atoms with Crippen LogP contribution in [-0.4, -0.2) is 55.1 Å². The summed E-state index contributed by atoms with van der Waals surface area (Å²) in [5, 5.41) is 3.38. The van der Waals surface area contributed by atoms with Gasteiger partial charge in [0.25, 0.3) is 0 Å². The predicted octanol–water partition coefficient (Wildman–Crippen LogP) is 2.24. The third kappa shape index (κ3) is 2.91. The van der Waals surface area contributed by atoms with Gasteiger partial charge in [0.1, 0.15) is 5.82 Å². The molecule has 0 aliphatic carbocycles. The number of halogens is 2. The molecule has 0 saturated carbocycles. The van der Waals surface area contributed by atoms with E-state index >= 15 is 0 Å². The van der Waals surface area contributed by atoms with Gasteiger partial charge in [0.05, 0.1) is 0 Å². The Labute approximate surface area is 128 Å². The Hall–Kier alpha value is -0.490. The molecule has 2 heterocycles. The number of hydrogen-bond donors (Lipinski definition) is 1. The van der Waals surface area contributed by atoms with Crippen molar-refractivity contribution in [2.75, 3.05) is 39.3 Å². The molecule has 110 valence electrons. The summed E-state index contributed by atoms with van der Waals surface area (Å²) in [5.41, 5.74) is 0.798. The van der Waals surface area contributed by atoms with E-state index in [0.29, 0.717) is 6.04 Å². The molecule has 1 N–H and O–H groups in total. The second kappa shape index (κ2) is 6.10. The van der Waals surface area contributed by atoms with Crippen LogP contribution in [0.25, 0.3) is 0 Å². The van der Waals surface area contributed by atoms with Crippen molar-refractivity contribution in [3.8, 4) is 0 Å². The van der Waals surface area contributed by atoms with E-state index < -0.39 is 0 Å². The first kappa shape index (κ1) is 14.4. The molecule has 0 spiro atoms. The van der Waals surface area contributed by atoms with Gasteiger partial charge in [0, 0.05) is 61.4 Å². The van der Waals surface area contributed by atoms with Gasteiger partial charge in [-0.15, -0.1) is 0 Å². The summed E-state index contributed by atoms with van der Waals surface area (Å²) in [7, 11) is 0.